The zero-order valence-corrected chi connectivity index (χ0v) is 8.87. The van der Waals surface area contributed by atoms with Crippen LogP contribution in [0.25, 0.3) is 0 Å². The van der Waals surface area contributed by atoms with Crippen molar-refractivity contribution in [3.05, 3.63) is 47.3 Å². The molecule has 1 aliphatic carbocycles. The fourth-order valence-corrected chi connectivity index (χ4v) is 2.29. The fourth-order valence-electron chi connectivity index (χ4n) is 2.29. The van der Waals surface area contributed by atoms with Crippen molar-refractivity contribution < 1.29 is 5.11 Å². The van der Waals surface area contributed by atoms with Crippen LogP contribution >= 0.6 is 0 Å². The van der Waals surface area contributed by atoms with Gasteiger partial charge >= 0.3 is 0 Å². The quantitative estimate of drug-likeness (QED) is 0.816. The molecule has 1 heterocycles. The number of nitrogens with zero attached hydrogens (tertiary/aromatic N) is 3. The van der Waals surface area contributed by atoms with Crippen molar-refractivity contribution in [2.45, 2.75) is 25.5 Å². The van der Waals surface area contributed by atoms with Crippen LogP contribution < -0.4 is 0 Å². The first-order valence-corrected chi connectivity index (χ1v) is 5.45. The van der Waals surface area contributed by atoms with Crippen molar-refractivity contribution in [2.24, 2.45) is 0 Å². The summed E-state index contributed by atoms with van der Waals surface area (Å²) in [6.07, 6.45) is 3.84. The summed E-state index contributed by atoms with van der Waals surface area (Å²) in [6.45, 7) is -0.0420. The van der Waals surface area contributed by atoms with E-state index >= 15 is 0 Å². The van der Waals surface area contributed by atoms with Crippen LogP contribution in [0.5, 0.6) is 0 Å². The summed E-state index contributed by atoms with van der Waals surface area (Å²) >= 11 is 0. The van der Waals surface area contributed by atoms with Crippen molar-refractivity contribution in [3.8, 4) is 0 Å². The van der Waals surface area contributed by atoms with Crippen molar-refractivity contribution in [1.29, 1.82) is 0 Å². The number of fused-ring (bicyclic) bond motifs is 1. The van der Waals surface area contributed by atoms with Gasteiger partial charge in [-0.15, -0.1) is 5.10 Å². The smallest absolute Gasteiger partial charge is 0.108 e. The second-order valence-electron chi connectivity index (χ2n) is 4.18. The van der Waals surface area contributed by atoms with E-state index in [1.54, 1.807) is 0 Å². The third-order valence-corrected chi connectivity index (χ3v) is 3.12. The Balaban J connectivity index is 1.85. The van der Waals surface area contributed by atoms with E-state index in [2.05, 4.69) is 34.6 Å². The lowest BCUT2D eigenvalue weighted by molar-refractivity contribution is 0.276. The lowest BCUT2D eigenvalue weighted by atomic mass is 10.1. The fraction of sp³-hybridized carbons (Fsp3) is 0.333. The van der Waals surface area contributed by atoms with Crippen molar-refractivity contribution in [2.75, 3.05) is 0 Å². The van der Waals surface area contributed by atoms with Crippen LogP contribution in [0.3, 0.4) is 0 Å². The molecule has 2 aromatic rings. The number of hydrogen-bond acceptors (Lipinski definition) is 3. The number of aliphatic hydroxyl groups excluding tert-OH is 1. The molecule has 1 aromatic heterocycles. The molecule has 0 atom stereocenters. The number of aliphatic hydroxyl groups is 1. The van der Waals surface area contributed by atoms with E-state index in [1.165, 1.54) is 11.1 Å². The van der Waals surface area contributed by atoms with Gasteiger partial charge < -0.3 is 5.11 Å². The van der Waals surface area contributed by atoms with Gasteiger partial charge in [-0.05, 0) is 24.0 Å². The first kappa shape index (κ1) is 9.54. The highest BCUT2D eigenvalue weighted by molar-refractivity contribution is 5.32. The van der Waals surface area contributed by atoms with Crippen LogP contribution in [0.2, 0.25) is 0 Å². The lowest BCUT2D eigenvalue weighted by Gasteiger charge is -2.07. The normalized spacial score (nSPS) is 15.3. The Hall–Kier alpha value is -1.68. The number of benzene rings is 1. The van der Waals surface area contributed by atoms with Crippen LogP contribution in [-0.2, 0) is 19.4 Å². The second-order valence-corrected chi connectivity index (χ2v) is 4.18. The van der Waals surface area contributed by atoms with Crippen LogP contribution in [0.1, 0.15) is 22.9 Å². The van der Waals surface area contributed by atoms with Crippen LogP contribution in [0, 0.1) is 0 Å². The minimum atomic E-state index is -0.0420. The Kier molecular flexibility index (Phi) is 2.22. The molecule has 3 rings (SSSR count). The molecule has 0 amide bonds. The molecule has 0 unspecified atom stereocenters. The summed E-state index contributed by atoms with van der Waals surface area (Å²) in [5.41, 5.74) is 3.43. The van der Waals surface area contributed by atoms with Gasteiger partial charge in [0.2, 0.25) is 0 Å². The maximum absolute atomic E-state index is 8.95. The van der Waals surface area contributed by atoms with E-state index in [1.807, 2.05) is 10.9 Å². The molecule has 0 fully saturated rings. The maximum Gasteiger partial charge on any atom is 0.108 e. The molecule has 82 valence electrons. The molecule has 4 heteroatoms. The van der Waals surface area contributed by atoms with E-state index in [0.717, 1.165) is 12.8 Å². The molecule has 0 radical (unpaired) electrons. The van der Waals surface area contributed by atoms with Crippen LogP contribution in [0.15, 0.2) is 30.5 Å². The number of rotatable bonds is 2. The Labute approximate surface area is 93.5 Å². The average molecular weight is 215 g/mol. The molecule has 0 saturated carbocycles. The van der Waals surface area contributed by atoms with Gasteiger partial charge in [0.25, 0.3) is 0 Å². The van der Waals surface area contributed by atoms with Crippen molar-refractivity contribution >= 4 is 0 Å². The predicted octanol–water partition coefficient (Wildman–Crippen LogP) is 1.11. The minimum Gasteiger partial charge on any atom is -0.390 e. The Morgan fingerprint density at radius 2 is 1.94 bits per heavy atom. The molecule has 4 nitrogen and oxygen atoms in total. The van der Waals surface area contributed by atoms with Crippen LogP contribution in [-0.4, -0.2) is 20.1 Å². The SMILES string of the molecule is OCc1cn(C2Cc3ccccc3C2)nn1. The Bertz CT molecular complexity index is 481. The standard InChI is InChI=1S/C12H13N3O/c16-8-11-7-15(14-13-11)12-5-9-3-1-2-4-10(9)6-12/h1-4,7,12,16H,5-6,8H2. The van der Waals surface area contributed by atoms with Gasteiger partial charge in [0.15, 0.2) is 0 Å². The summed E-state index contributed by atoms with van der Waals surface area (Å²) in [5.74, 6) is 0. The Morgan fingerprint density at radius 1 is 1.25 bits per heavy atom. The highest BCUT2D eigenvalue weighted by Gasteiger charge is 2.23. The van der Waals surface area contributed by atoms with E-state index in [0.29, 0.717) is 11.7 Å². The van der Waals surface area contributed by atoms with Gasteiger partial charge in [-0.25, -0.2) is 4.68 Å². The monoisotopic (exact) mass is 215 g/mol. The van der Waals surface area contributed by atoms with Crippen molar-refractivity contribution in [1.82, 2.24) is 15.0 Å². The topological polar surface area (TPSA) is 50.9 Å². The first-order valence-electron chi connectivity index (χ1n) is 5.45. The molecule has 0 aliphatic heterocycles. The predicted molar refractivity (Wildman–Crippen MR) is 58.8 cm³/mol. The summed E-state index contributed by atoms with van der Waals surface area (Å²) < 4.78 is 1.87. The molecule has 16 heavy (non-hydrogen) atoms. The van der Waals surface area contributed by atoms with E-state index in [4.69, 9.17) is 5.11 Å². The molecule has 0 spiro atoms. The van der Waals surface area contributed by atoms with Crippen molar-refractivity contribution in [3.63, 3.8) is 0 Å². The summed E-state index contributed by atoms with van der Waals surface area (Å²) in [7, 11) is 0. The third kappa shape index (κ3) is 1.51. The maximum atomic E-state index is 8.95. The lowest BCUT2D eigenvalue weighted by Crippen LogP contribution is -2.09. The molecule has 1 N–H and O–H groups in total. The van der Waals surface area contributed by atoms with Gasteiger partial charge in [-0.2, -0.15) is 0 Å². The first-order chi connectivity index (χ1) is 7.86. The number of hydrogen-bond donors (Lipinski definition) is 1. The highest BCUT2D eigenvalue weighted by atomic mass is 16.3. The van der Waals surface area contributed by atoms with Gasteiger partial charge in [0, 0.05) is 0 Å². The summed E-state index contributed by atoms with van der Waals surface area (Å²) in [6, 6.07) is 8.83. The molecular formula is C12H13N3O. The summed E-state index contributed by atoms with van der Waals surface area (Å²) in [5, 5.41) is 16.9. The van der Waals surface area contributed by atoms with E-state index in [-0.39, 0.29) is 6.61 Å². The molecule has 1 aliphatic rings. The number of aromatic nitrogens is 3. The zero-order valence-electron chi connectivity index (χ0n) is 8.87. The van der Waals surface area contributed by atoms with Gasteiger partial charge in [-0.1, -0.05) is 29.5 Å². The second kappa shape index (κ2) is 3.72. The zero-order chi connectivity index (χ0) is 11.0. The highest BCUT2D eigenvalue weighted by Crippen LogP contribution is 2.29. The van der Waals surface area contributed by atoms with E-state index in [9.17, 15) is 0 Å². The van der Waals surface area contributed by atoms with Gasteiger partial charge in [-0.3, -0.25) is 0 Å². The minimum absolute atomic E-state index is 0.0420. The molecule has 0 bridgehead atoms. The summed E-state index contributed by atoms with van der Waals surface area (Å²) in [4.78, 5) is 0. The van der Waals surface area contributed by atoms with E-state index < -0.39 is 0 Å². The largest absolute Gasteiger partial charge is 0.390 e. The average Bonchev–Trinajstić information content (AvgIpc) is 2.95. The molecular weight excluding hydrogens is 202 g/mol. The van der Waals surface area contributed by atoms with Gasteiger partial charge in [0.05, 0.1) is 18.8 Å². The molecule has 0 saturated heterocycles. The Morgan fingerprint density at radius 3 is 2.50 bits per heavy atom. The van der Waals surface area contributed by atoms with Gasteiger partial charge in [0.1, 0.15) is 5.69 Å². The molecule has 1 aromatic carbocycles. The van der Waals surface area contributed by atoms with Crippen LogP contribution in [0.4, 0.5) is 0 Å². The third-order valence-electron chi connectivity index (χ3n) is 3.12.